The Hall–Kier alpha value is -0.900. The maximum Gasteiger partial charge on any atom is 0.305 e. The van der Waals surface area contributed by atoms with Crippen molar-refractivity contribution in [2.24, 2.45) is 46.3 Å². The number of fused-ring (bicyclic) bond motifs is 5. The quantitative estimate of drug-likeness (QED) is 0.539. The zero-order valence-electron chi connectivity index (χ0n) is 18.8. The van der Waals surface area contributed by atoms with Crippen LogP contribution in [0.5, 0.6) is 0 Å². The topological polar surface area (TPSA) is 63.6 Å². The van der Waals surface area contributed by atoms with E-state index in [0.717, 1.165) is 25.7 Å². The predicted molar refractivity (Wildman–Crippen MR) is 112 cm³/mol. The first-order valence-electron chi connectivity index (χ1n) is 12.0. The fourth-order valence-electron chi connectivity index (χ4n) is 8.64. The molecule has 0 heterocycles. The van der Waals surface area contributed by atoms with Crippen LogP contribution in [0, 0.1) is 46.3 Å². The zero-order valence-corrected chi connectivity index (χ0v) is 18.8. The van der Waals surface area contributed by atoms with Gasteiger partial charge in [0.25, 0.3) is 0 Å². The lowest BCUT2D eigenvalue weighted by Gasteiger charge is -2.62. The van der Waals surface area contributed by atoms with E-state index in [-0.39, 0.29) is 22.9 Å². The number of hydrogen-bond acceptors (Lipinski definition) is 4. The second-order valence-electron chi connectivity index (χ2n) is 11.4. The van der Waals surface area contributed by atoms with Crippen LogP contribution in [0.15, 0.2) is 0 Å². The molecule has 9 atom stereocenters. The molecule has 0 saturated heterocycles. The summed E-state index contributed by atoms with van der Waals surface area (Å²) in [5.74, 6) is 3.35. The Balaban J connectivity index is 1.53. The molecule has 29 heavy (non-hydrogen) atoms. The van der Waals surface area contributed by atoms with Gasteiger partial charge in [-0.3, -0.25) is 9.59 Å². The third-order valence-electron chi connectivity index (χ3n) is 10.3. The number of carbonyl (C=O) groups is 2. The van der Waals surface area contributed by atoms with E-state index in [0.29, 0.717) is 54.1 Å². The van der Waals surface area contributed by atoms with Crippen molar-refractivity contribution in [3.63, 3.8) is 0 Å². The summed E-state index contributed by atoms with van der Waals surface area (Å²) in [7, 11) is 1.47. The minimum Gasteiger partial charge on any atom is -0.469 e. The summed E-state index contributed by atoms with van der Waals surface area (Å²) in [6, 6.07) is 0. The molecular formula is C25H40O4. The number of aliphatic hydroxyl groups excluding tert-OH is 1. The van der Waals surface area contributed by atoms with Gasteiger partial charge in [0.05, 0.1) is 13.2 Å². The van der Waals surface area contributed by atoms with Crippen LogP contribution < -0.4 is 0 Å². The van der Waals surface area contributed by atoms with E-state index in [9.17, 15) is 14.7 Å². The largest absolute Gasteiger partial charge is 0.469 e. The lowest BCUT2D eigenvalue weighted by atomic mass is 9.45. The van der Waals surface area contributed by atoms with E-state index in [2.05, 4.69) is 20.8 Å². The number of aliphatic hydroxyl groups is 1. The highest BCUT2D eigenvalue weighted by Gasteiger charge is 2.62. The van der Waals surface area contributed by atoms with Crippen molar-refractivity contribution in [1.82, 2.24) is 0 Å². The van der Waals surface area contributed by atoms with Gasteiger partial charge in [-0.15, -0.1) is 0 Å². The maximum absolute atomic E-state index is 12.1. The van der Waals surface area contributed by atoms with E-state index >= 15 is 0 Å². The van der Waals surface area contributed by atoms with Gasteiger partial charge in [-0.05, 0) is 91.3 Å². The first-order valence-corrected chi connectivity index (χ1v) is 12.0. The standard InChI is InChI=1S/C25H40O4/c1-15(5-8-22(28)29-4)18-6-7-19-23-20(10-12-25(18,19)3)24(2)11-9-17(26)13-16(24)14-21(23)27/h15-16,18-21,23,27H,5-14H2,1-4H3/t15-,16+,18-,19+,20+,21-,23+,24+,25-/m1/s1/i13+1,17+1. The smallest absolute Gasteiger partial charge is 0.305 e. The summed E-state index contributed by atoms with van der Waals surface area (Å²) in [5.41, 5.74) is 0.499. The number of Topliss-reactive ketones (excluding diaryl/α,β-unsaturated/α-hetero) is 1. The first-order chi connectivity index (χ1) is 13.7. The summed E-state index contributed by atoms with van der Waals surface area (Å²) >= 11 is 0. The van der Waals surface area contributed by atoms with Gasteiger partial charge in [0.1, 0.15) is 5.78 Å². The number of ether oxygens (including phenoxy) is 1. The van der Waals surface area contributed by atoms with Gasteiger partial charge in [0.2, 0.25) is 0 Å². The molecule has 4 rings (SSSR count). The van der Waals surface area contributed by atoms with Crippen LogP contribution in [-0.2, 0) is 14.3 Å². The predicted octanol–water partition coefficient (Wildman–Crippen LogP) is 4.77. The van der Waals surface area contributed by atoms with Gasteiger partial charge in [-0.2, -0.15) is 0 Å². The summed E-state index contributed by atoms with van der Waals surface area (Å²) in [6.07, 6.45) is 9.27. The summed E-state index contributed by atoms with van der Waals surface area (Å²) in [6.45, 7) is 7.22. The molecule has 0 aromatic heterocycles. The second-order valence-corrected chi connectivity index (χ2v) is 11.4. The molecule has 0 bridgehead atoms. The van der Waals surface area contributed by atoms with E-state index in [1.165, 1.54) is 32.8 Å². The third kappa shape index (κ3) is 3.38. The van der Waals surface area contributed by atoms with Crippen molar-refractivity contribution in [3.8, 4) is 0 Å². The number of carbonyl (C=O) groups excluding carboxylic acids is 2. The molecule has 4 heteroatoms. The van der Waals surface area contributed by atoms with Gasteiger partial charge < -0.3 is 9.84 Å². The Morgan fingerprint density at radius 1 is 1.17 bits per heavy atom. The molecule has 0 aromatic rings. The Labute approximate surface area is 176 Å². The molecule has 0 aliphatic heterocycles. The highest BCUT2D eigenvalue weighted by molar-refractivity contribution is 5.79. The fourth-order valence-corrected chi connectivity index (χ4v) is 8.64. The SMILES string of the molecule is COC(=O)CC[C@@H](C)[C@H]1CC[C@H]2[C@@H]3[C@H](O)C[C@@H]4[13CH2][13C](=O)CC[C@]4(C)[C@H]3CC[C@]12C. The molecule has 4 fully saturated rings. The number of methoxy groups -OCH3 is 1. The maximum atomic E-state index is 12.1. The fraction of sp³-hybridized carbons (Fsp3) is 0.920. The number of ketones is 1. The molecule has 0 aromatic carbocycles. The van der Waals surface area contributed by atoms with Crippen LogP contribution >= 0.6 is 0 Å². The number of rotatable bonds is 4. The molecule has 4 aliphatic rings. The van der Waals surface area contributed by atoms with E-state index < -0.39 is 0 Å². The van der Waals surface area contributed by atoms with Crippen molar-refractivity contribution in [3.05, 3.63) is 0 Å². The van der Waals surface area contributed by atoms with Crippen LogP contribution in [-0.4, -0.2) is 30.1 Å². The summed E-state index contributed by atoms with van der Waals surface area (Å²) in [5, 5.41) is 11.3. The Morgan fingerprint density at radius 3 is 2.62 bits per heavy atom. The molecule has 4 saturated carbocycles. The molecule has 0 radical (unpaired) electrons. The van der Waals surface area contributed by atoms with Crippen LogP contribution in [0.3, 0.4) is 0 Å². The summed E-state index contributed by atoms with van der Waals surface area (Å²) in [4.78, 5) is 23.7. The van der Waals surface area contributed by atoms with Crippen LogP contribution in [0.25, 0.3) is 0 Å². The van der Waals surface area contributed by atoms with Crippen LogP contribution in [0.2, 0.25) is 0 Å². The van der Waals surface area contributed by atoms with Crippen LogP contribution in [0.4, 0.5) is 0 Å². The van der Waals surface area contributed by atoms with Crippen molar-refractivity contribution in [2.75, 3.05) is 7.11 Å². The average Bonchev–Trinajstić information content (AvgIpc) is 3.04. The minimum absolute atomic E-state index is 0.103. The van der Waals surface area contributed by atoms with Gasteiger partial charge in [-0.1, -0.05) is 20.8 Å². The number of esters is 1. The van der Waals surface area contributed by atoms with Crippen molar-refractivity contribution in [2.45, 2.75) is 91.1 Å². The highest BCUT2D eigenvalue weighted by Crippen LogP contribution is 2.68. The summed E-state index contributed by atoms with van der Waals surface area (Å²) < 4.78 is 4.85. The second kappa shape index (κ2) is 7.66. The van der Waals surface area contributed by atoms with Crippen molar-refractivity contribution >= 4 is 11.8 Å². The van der Waals surface area contributed by atoms with Gasteiger partial charge >= 0.3 is 5.97 Å². The monoisotopic (exact) mass is 406 g/mol. The molecule has 0 amide bonds. The normalized spacial score (nSPS) is 47.7. The van der Waals surface area contributed by atoms with Gasteiger partial charge in [-0.25, -0.2) is 0 Å². The average molecular weight is 407 g/mol. The molecule has 0 unspecified atom stereocenters. The van der Waals surface area contributed by atoms with Crippen molar-refractivity contribution < 1.29 is 19.4 Å². The molecule has 0 spiro atoms. The minimum atomic E-state index is -0.252. The van der Waals surface area contributed by atoms with Gasteiger partial charge in [0, 0.05) is 19.3 Å². The molecule has 4 aliphatic carbocycles. The van der Waals surface area contributed by atoms with Crippen molar-refractivity contribution in [1.29, 1.82) is 0 Å². The lowest BCUT2D eigenvalue weighted by molar-refractivity contribution is -0.169. The van der Waals surface area contributed by atoms with Gasteiger partial charge in [0.15, 0.2) is 0 Å². The van der Waals surface area contributed by atoms with E-state index in [4.69, 9.17) is 4.74 Å². The van der Waals surface area contributed by atoms with E-state index in [1.54, 1.807) is 0 Å². The molecular weight excluding hydrogens is 366 g/mol. The zero-order chi connectivity index (χ0) is 21.0. The lowest BCUT2D eigenvalue weighted by Crippen LogP contribution is -2.58. The Bertz CT molecular complexity index is 659. The molecule has 1 N–H and O–H groups in total. The highest BCUT2D eigenvalue weighted by atomic mass is 16.5. The first kappa shape index (κ1) is 21.3. The molecule has 164 valence electrons. The Morgan fingerprint density at radius 2 is 1.90 bits per heavy atom. The van der Waals surface area contributed by atoms with Crippen LogP contribution in [0.1, 0.15) is 85.0 Å². The van der Waals surface area contributed by atoms with E-state index in [1.807, 2.05) is 0 Å². The third-order valence-corrected chi connectivity index (χ3v) is 10.3. The Kier molecular flexibility index (Phi) is 5.63. The molecule has 4 nitrogen and oxygen atoms in total. The number of hydrogen-bond donors (Lipinski definition) is 1.